The van der Waals surface area contributed by atoms with Crippen molar-refractivity contribution in [1.82, 2.24) is 10.6 Å². The lowest BCUT2D eigenvalue weighted by Gasteiger charge is -2.44. The van der Waals surface area contributed by atoms with Crippen LogP contribution in [-0.4, -0.2) is 37.1 Å². The summed E-state index contributed by atoms with van der Waals surface area (Å²) in [5, 5.41) is 8.45. The fraction of sp³-hybridized carbons (Fsp3) is 0.435. The van der Waals surface area contributed by atoms with Crippen molar-refractivity contribution >= 4 is 11.7 Å². The van der Waals surface area contributed by atoms with Crippen LogP contribution in [0.25, 0.3) is 0 Å². The summed E-state index contributed by atoms with van der Waals surface area (Å²) in [5.74, 6) is -1.48. The summed E-state index contributed by atoms with van der Waals surface area (Å²) in [4.78, 5) is 12.5. The van der Waals surface area contributed by atoms with E-state index >= 15 is 0 Å². The lowest BCUT2D eigenvalue weighted by Crippen LogP contribution is -2.59. The number of nitrogens with one attached hydrogen (secondary N) is 3. The summed E-state index contributed by atoms with van der Waals surface area (Å²) in [6.07, 6.45) is -4.86. The maximum absolute atomic E-state index is 14.0. The molecule has 0 aromatic heterocycles. The minimum atomic E-state index is -4.77. The quantitative estimate of drug-likeness (QED) is 0.532. The molecule has 0 bridgehead atoms. The molecule has 0 spiro atoms. The van der Waals surface area contributed by atoms with Crippen molar-refractivity contribution in [3.8, 4) is 5.75 Å². The number of carbonyl (C=O) groups excluding carboxylic acids is 1. The summed E-state index contributed by atoms with van der Waals surface area (Å²) < 4.78 is 79.5. The first-order valence-electron chi connectivity index (χ1n) is 10.8. The van der Waals surface area contributed by atoms with Crippen LogP contribution in [-0.2, 0) is 10.3 Å². The fourth-order valence-corrected chi connectivity index (χ4v) is 4.15. The lowest BCUT2D eigenvalue weighted by atomic mass is 9.85. The van der Waals surface area contributed by atoms with Gasteiger partial charge in [0.15, 0.2) is 11.8 Å². The molecule has 34 heavy (non-hydrogen) atoms. The number of urea groups is 1. The van der Waals surface area contributed by atoms with Crippen LogP contribution in [0.5, 0.6) is 5.75 Å². The van der Waals surface area contributed by atoms with E-state index in [9.17, 15) is 26.7 Å². The monoisotopic (exact) mass is 485 g/mol. The molecule has 11 heteroatoms. The first-order valence-corrected chi connectivity index (χ1v) is 10.8. The van der Waals surface area contributed by atoms with Crippen molar-refractivity contribution in [2.75, 3.05) is 11.9 Å². The van der Waals surface area contributed by atoms with E-state index in [0.717, 1.165) is 18.2 Å². The Bertz CT molecular complexity index is 1030. The van der Waals surface area contributed by atoms with Crippen LogP contribution in [0.4, 0.5) is 32.4 Å². The number of hydrogen-bond donors (Lipinski definition) is 3. The minimum absolute atomic E-state index is 0.0383. The molecule has 2 aliphatic rings. The summed E-state index contributed by atoms with van der Waals surface area (Å²) in [6, 6.07) is 6.86. The van der Waals surface area contributed by atoms with E-state index in [4.69, 9.17) is 9.47 Å². The molecule has 0 aliphatic carbocycles. The zero-order valence-electron chi connectivity index (χ0n) is 18.2. The van der Waals surface area contributed by atoms with E-state index in [1.54, 1.807) is 0 Å². The van der Waals surface area contributed by atoms with Crippen molar-refractivity contribution in [3.63, 3.8) is 0 Å². The molecule has 0 saturated carbocycles. The molecule has 2 saturated heterocycles. The predicted octanol–water partition coefficient (Wildman–Crippen LogP) is 4.81. The third-order valence-corrected chi connectivity index (χ3v) is 6.03. The molecule has 2 aromatic rings. The number of ether oxygens (including phenoxy) is 2. The maximum atomic E-state index is 14.0. The Balaban J connectivity index is 1.54. The number of anilines is 1. The van der Waals surface area contributed by atoms with Crippen LogP contribution in [0.3, 0.4) is 0 Å². The second-order valence-corrected chi connectivity index (χ2v) is 8.46. The van der Waals surface area contributed by atoms with E-state index in [-0.39, 0.29) is 24.8 Å². The van der Waals surface area contributed by atoms with Gasteiger partial charge in [0.1, 0.15) is 17.4 Å². The molecule has 0 radical (unpaired) electrons. The summed E-state index contributed by atoms with van der Waals surface area (Å²) in [5.41, 5.74) is -2.72. The van der Waals surface area contributed by atoms with Crippen LogP contribution in [0.1, 0.15) is 31.7 Å². The highest BCUT2D eigenvalue weighted by atomic mass is 19.4. The number of piperidine rings is 1. The number of carbonyl (C=O) groups is 1. The number of amides is 2. The Labute approximate surface area is 192 Å². The van der Waals surface area contributed by atoms with Crippen molar-refractivity contribution in [2.24, 2.45) is 0 Å². The van der Waals surface area contributed by atoms with Gasteiger partial charge in [0, 0.05) is 23.7 Å². The van der Waals surface area contributed by atoms with Gasteiger partial charge in [-0.05, 0) is 62.2 Å². The SMILES string of the molecule is CC1CCC(NC(=O)Nc2ccc(F)cc2)C(Oc2ccc(F)cc2C2(C(F)(F)F)CCO2)N1. The van der Waals surface area contributed by atoms with Crippen molar-refractivity contribution in [3.05, 3.63) is 59.7 Å². The van der Waals surface area contributed by atoms with Gasteiger partial charge in [-0.1, -0.05) is 0 Å². The van der Waals surface area contributed by atoms with Crippen LogP contribution in [0, 0.1) is 11.6 Å². The van der Waals surface area contributed by atoms with Gasteiger partial charge in [-0.25, -0.2) is 13.6 Å². The molecular weight excluding hydrogens is 461 g/mol. The Morgan fingerprint density at radius 2 is 1.79 bits per heavy atom. The summed E-state index contributed by atoms with van der Waals surface area (Å²) in [7, 11) is 0. The van der Waals surface area contributed by atoms with Gasteiger partial charge >= 0.3 is 12.2 Å². The number of halogens is 5. The Morgan fingerprint density at radius 3 is 2.41 bits per heavy atom. The zero-order valence-corrected chi connectivity index (χ0v) is 18.2. The molecule has 4 unspecified atom stereocenters. The number of alkyl halides is 3. The second kappa shape index (κ2) is 9.38. The fourth-order valence-electron chi connectivity index (χ4n) is 4.15. The molecule has 184 valence electrons. The zero-order chi connectivity index (χ0) is 24.5. The molecule has 4 rings (SSSR count). The van der Waals surface area contributed by atoms with Crippen LogP contribution in [0.15, 0.2) is 42.5 Å². The van der Waals surface area contributed by atoms with E-state index in [2.05, 4.69) is 16.0 Å². The first kappa shape index (κ1) is 24.2. The van der Waals surface area contributed by atoms with Gasteiger partial charge in [0.05, 0.1) is 12.6 Å². The third kappa shape index (κ3) is 4.95. The second-order valence-electron chi connectivity index (χ2n) is 8.46. The summed E-state index contributed by atoms with van der Waals surface area (Å²) in [6.45, 7) is 1.77. The van der Waals surface area contributed by atoms with Crippen molar-refractivity contribution < 1.29 is 36.2 Å². The van der Waals surface area contributed by atoms with Crippen molar-refractivity contribution in [2.45, 2.75) is 56.3 Å². The molecule has 2 aliphatic heterocycles. The average molecular weight is 485 g/mol. The van der Waals surface area contributed by atoms with E-state index in [1.165, 1.54) is 24.3 Å². The van der Waals surface area contributed by atoms with Crippen molar-refractivity contribution in [1.29, 1.82) is 0 Å². The minimum Gasteiger partial charge on any atom is -0.473 e. The van der Waals surface area contributed by atoms with Crippen LogP contribution in [0.2, 0.25) is 0 Å². The molecule has 2 heterocycles. The van der Waals surface area contributed by atoms with Crippen LogP contribution < -0.4 is 20.7 Å². The predicted molar refractivity (Wildman–Crippen MR) is 113 cm³/mol. The number of benzene rings is 2. The van der Waals surface area contributed by atoms with Gasteiger partial charge in [0.25, 0.3) is 0 Å². The highest BCUT2D eigenvalue weighted by Gasteiger charge is 2.62. The molecule has 2 fully saturated rings. The van der Waals surface area contributed by atoms with E-state index in [0.29, 0.717) is 18.5 Å². The molecule has 6 nitrogen and oxygen atoms in total. The Morgan fingerprint density at radius 1 is 1.12 bits per heavy atom. The summed E-state index contributed by atoms with van der Waals surface area (Å²) >= 11 is 0. The number of hydrogen-bond acceptors (Lipinski definition) is 4. The lowest BCUT2D eigenvalue weighted by molar-refractivity contribution is -0.334. The van der Waals surface area contributed by atoms with Gasteiger partial charge in [-0.15, -0.1) is 0 Å². The van der Waals surface area contributed by atoms with Gasteiger partial charge < -0.3 is 20.1 Å². The standard InChI is InChI=1S/C23H24F5N3O3/c1-13-2-8-18(31-21(32)30-16-6-3-14(24)4-7-16)20(29-13)34-19-9-5-15(25)12-17(19)22(10-11-33-22)23(26,27)28/h3-7,9,12-13,18,20,29H,2,8,10-11H2,1H3,(H2,30,31,32). The maximum Gasteiger partial charge on any atom is 0.421 e. The average Bonchev–Trinajstić information content (AvgIpc) is 2.71. The molecule has 3 N–H and O–H groups in total. The van der Waals surface area contributed by atoms with Gasteiger partial charge in [-0.3, -0.25) is 5.32 Å². The van der Waals surface area contributed by atoms with Gasteiger partial charge in [0.2, 0.25) is 0 Å². The van der Waals surface area contributed by atoms with Crippen LogP contribution >= 0.6 is 0 Å². The first-order chi connectivity index (χ1) is 16.1. The molecule has 2 aromatic carbocycles. The normalized spacial score (nSPS) is 26.9. The third-order valence-electron chi connectivity index (χ3n) is 6.03. The largest absolute Gasteiger partial charge is 0.473 e. The van der Waals surface area contributed by atoms with Gasteiger partial charge in [-0.2, -0.15) is 13.2 Å². The topological polar surface area (TPSA) is 71.6 Å². The highest BCUT2D eigenvalue weighted by Crippen LogP contribution is 2.53. The molecular formula is C23H24F5N3O3. The highest BCUT2D eigenvalue weighted by molar-refractivity contribution is 5.89. The Hall–Kier alpha value is -2.92. The number of rotatable bonds is 5. The van der Waals surface area contributed by atoms with E-state index < -0.39 is 47.3 Å². The van der Waals surface area contributed by atoms with E-state index in [1.807, 2.05) is 6.92 Å². The Kier molecular flexibility index (Phi) is 6.68. The molecule has 2 amide bonds. The smallest absolute Gasteiger partial charge is 0.421 e. The molecule has 4 atom stereocenters.